The maximum Gasteiger partial charge on any atom is 0.255 e. The molecule has 1 atom stereocenters. The molecule has 2 aromatic rings. The summed E-state index contributed by atoms with van der Waals surface area (Å²) in [5, 5.41) is 2.75. The number of amides is 2. The van der Waals surface area contributed by atoms with E-state index in [9.17, 15) is 9.59 Å². The van der Waals surface area contributed by atoms with Gasteiger partial charge in [-0.15, -0.1) is 0 Å². The molecule has 0 spiro atoms. The van der Waals surface area contributed by atoms with E-state index in [0.717, 1.165) is 30.8 Å². The highest BCUT2D eigenvalue weighted by atomic mass is 16.2. The van der Waals surface area contributed by atoms with Crippen molar-refractivity contribution in [2.45, 2.75) is 32.4 Å². The molecule has 24 heavy (non-hydrogen) atoms. The van der Waals surface area contributed by atoms with Crippen molar-refractivity contribution in [1.29, 1.82) is 0 Å². The summed E-state index contributed by atoms with van der Waals surface area (Å²) in [6.45, 7) is 2.59. The highest BCUT2D eigenvalue weighted by Gasteiger charge is 2.31. The predicted molar refractivity (Wildman–Crippen MR) is 89.0 cm³/mol. The van der Waals surface area contributed by atoms with Gasteiger partial charge in [0.05, 0.1) is 29.5 Å². The Labute approximate surface area is 140 Å². The molecule has 2 aromatic heterocycles. The quantitative estimate of drug-likeness (QED) is 0.934. The van der Waals surface area contributed by atoms with Crippen LogP contribution in [0.15, 0.2) is 42.7 Å². The normalized spacial score (nSPS) is 16.9. The van der Waals surface area contributed by atoms with Crippen LogP contribution in [0, 0.1) is 0 Å². The summed E-state index contributed by atoms with van der Waals surface area (Å²) in [5.41, 5.74) is 2.26. The predicted octanol–water partition coefficient (Wildman–Crippen LogP) is 2.09. The van der Waals surface area contributed by atoms with E-state index < -0.39 is 0 Å². The molecule has 1 saturated heterocycles. The van der Waals surface area contributed by atoms with Crippen molar-refractivity contribution in [3.8, 4) is 0 Å². The highest BCUT2D eigenvalue weighted by Crippen LogP contribution is 2.32. The molecule has 0 unspecified atom stereocenters. The SMILES string of the molecule is CC(=O)NCc1cccc([C@H]2CCCN2C(=O)c2cccnc2)n1. The maximum atomic E-state index is 12.7. The molecule has 0 aromatic carbocycles. The van der Waals surface area contributed by atoms with Gasteiger partial charge in [0.2, 0.25) is 5.91 Å². The molecule has 124 valence electrons. The lowest BCUT2D eigenvalue weighted by molar-refractivity contribution is -0.119. The molecule has 0 bridgehead atoms. The zero-order chi connectivity index (χ0) is 16.9. The van der Waals surface area contributed by atoms with Crippen LogP contribution in [0.4, 0.5) is 0 Å². The van der Waals surface area contributed by atoms with E-state index >= 15 is 0 Å². The molecule has 1 aliphatic heterocycles. The van der Waals surface area contributed by atoms with E-state index in [1.165, 1.54) is 6.92 Å². The van der Waals surface area contributed by atoms with E-state index in [2.05, 4.69) is 15.3 Å². The summed E-state index contributed by atoms with van der Waals surface area (Å²) >= 11 is 0. The van der Waals surface area contributed by atoms with Crippen LogP contribution in [0.5, 0.6) is 0 Å². The van der Waals surface area contributed by atoms with Gasteiger partial charge in [-0.05, 0) is 37.1 Å². The number of aromatic nitrogens is 2. The summed E-state index contributed by atoms with van der Waals surface area (Å²) < 4.78 is 0. The minimum atomic E-state index is -0.0866. The van der Waals surface area contributed by atoms with E-state index in [4.69, 9.17) is 0 Å². The third-order valence-corrected chi connectivity index (χ3v) is 4.11. The summed E-state index contributed by atoms with van der Waals surface area (Å²) in [7, 11) is 0. The second kappa shape index (κ2) is 7.21. The van der Waals surface area contributed by atoms with Crippen molar-refractivity contribution < 1.29 is 9.59 Å². The summed E-state index contributed by atoms with van der Waals surface area (Å²) in [6, 6.07) is 9.26. The summed E-state index contributed by atoms with van der Waals surface area (Å²) in [4.78, 5) is 34.3. The second-order valence-electron chi connectivity index (χ2n) is 5.86. The molecule has 3 heterocycles. The van der Waals surface area contributed by atoms with Gasteiger partial charge in [0.15, 0.2) is 0 Å². The molecule has 2 amide bonds. The van der Waals surface area contributed by atoms with Crippen molar-refractivity contribution in [1.82, 2.24) is 20.2 Å². The number of hydrogen-bond donors (Lipinski definition) is 1. The minimum Gasteiger partial charge on any atom is -0.351 e. The fourth-order valence-corrected chi connectivity index (χ4v) is 2.97. The van der Waals surface area contributed by atoms with Crippen molar-refractivity contribution in [2.24, 2.45) is 0 Å². The summed E-state index contributed by atoms with van der Waals surface area (Å²) in [6.07, 6.45) is 5.10. The van der Waals surface area contributed by atoms with E-state index in [0.29, 0.717) is 12.1 Å². The molecule has 3 rings (SSSR count). The number of nitrogens with zero attached hydrogens (tertiary/aromatic N) is 3. The Morgan fingerprint density at radius 3 is 2.92 bits per heavy atom. The van der Waals surface area contributed by atoms with Gasteiger partial charge in [0, 0.05) is 25.9 Å². The Bertz CT molecular complexity index is 733. The van der Waals surface area contributed by atoms with Crippen LogP contribution >= 0.6 is 0 Å². The number of likely N-dealkylation sites (tertiary alicyclic amines) is 1. The van der Waals surface area contributed by atoms with Crippen molar-refractivity contribution in [2.75, 3.05) is 6.54 Å². The molecule has 0 radical (unpaired) electrons. The van der Waals surface area contributed by atoms with Gasteiger partial charge < -0.3 is 10.2 Å². The van der Waals surface area contributed by atoms with Gasteiger partial charge in [-0.2, -0.15) is 0 Å². The van der Waals surface area contributed by atoms with Gasteiger partial charge in [0.25, 0.3) is 5.91 Å². The van der Waals surface area contributed by atoms with Crippen LogP contribution in [0.2, 0.25) is 0 Å². The Balaban J connectivity index is 1.79. The van der Waals surface area contributed by atoms with E-state index in [1.54, 1.807) is 24.5 Å². The summed E-state index contributed by atoms with van der Waals surface area (Å²) in [5.74, 6) is -0.101. The van der Waals surface area contributed by atoms with Crippen LogP contribution in [-0.4, -0.2) is 33.2 Å². The fourth-order valence-electron chi connectivity index (χ4n) is 2.97. The molecular weight excluding hydrogens is 304 g/mol. The highest BCUT2D eigenvalue weighted by molar-refractivity contribution is 5.94. The zero-order valence-electron chi connectivity index (χ0n) is 13.6. The molecule has 0 aliphatic carbocycles. The Hall–Kier alpha value is -2.76. The van der Waals surface area contributed by atoms with Gasteiger partial charge in [-0.1, -0.05) is 6.07 Å². The van der Waals surface area contributed by atoms with Crippen LogP contribution in [0.1, 0.15) is 47.6 Å². The van der Waals surface area contributed by atoms with Crippen molar-refractivity contribution in [3.63, 3.8) is 0 Å². The average molecular weight is 324 g/mol. The van der Waals surface area contributed by atoms with Gasteiger partial charge in [-0.25, -0.2) is 0 Å². The van der Waals surface area contributed by atoms with Gasteiger partial charge in [0.1, 0.15) is 0 Å². The van der Waals surface area contributed by atoms with E-state index in [-0.39, 0.29) is 17.9 Å². The van der Waals surface area contributed by atoms with Crippen molar-refractivity contribution in [3.05, 3.63) is 59.7 Å². The van der Waals surface area contributed by atoms with Gasteiger partial charge in [-0.3, -0.25) is 19.6 Å². The van der Waals surface area contributed by atoms with Gasteiger partial charge >= 0.3 is 0 Å². The number of carbonyl (C=O) groups excluding carboxylic acids is 2. The Morgan fingerprint density at radius 1 is 1.29 bits per heavy atom. The third-order valence-electron chi connectivity index (χ3n) is 4.11. The fraction of sp³-hybridized carbons (Fsp3) is 0.333. The first kappa shape index (κ1) is 16.1. The van der Waals surface area contributed by atoms with Crippen molar-refractivity contribution >= 4 is 11.8 Å². The lowest BCUT2D eigenvalue weighted by Gasteiger charge is -2.24. The van der Waals surface area contributed by atoms with Crippen LogP contribution < -0.4 is 5.32 Å². The molecule has 0 saturated carbocycles. The lowest BCUT2D eigenvalue weighted by Crippen LogP contribution is -2.31. The maximum absolute atomic E-state index is 12.7. The first-order chi connectivity index (χ1) is 11.6. The largest absolute Gasteiger partial charge is 0.351 e. The number of pyridine rings is 2. The number of rotatable bonds is 4. The van der Waals surface area contributed by atoms with Crippen LogP contribution in [-0.2, 0) is 11.3 Å². The first-order valence-corrected chi connectivity index (χ1v) is 8.06. The molecule has 6 heteroatoms. The topological polar surface area (TPSA) is 75.2 Å². The molecule has 6 nitrogen and oxygen atoms in total. The average Bonchev–Trinajstić information content (AvgIpc) is 3.10. The Kier molecular flexibility index (Phi) is 4.84. The first-order valence-electron chi connectivity index (χ1n) is 8.06. The van der Waals surface area contributed by atoms with Crippen LogP contribution in [0.25, 0.3) is 0 Å². The zero-order valence-corrected chi connectivity index (χ0v) is 13.6. The molecule has 1 aliphatic rings. The number of nitrogens with one attached hydrogen (secondary N) is 1. The standard InChI is InChI=1S/C18H20N4O2/c1-13(23)20-12-15-6-2-7-16(21-15)17-8-4-10-22(17)18(24)14-5-3-9-19-11-14/h2-3,5-7,9,11,17H,4,8,10,12H2,1H3,(H,20,23)/t17-/m1/s1. The van der Waals surface area contributed by atoms with E-state index in [1.807, 2.05) is 23.1 Å². The van der Waals surface area contributed by atoms with Crippen LogP contribution in [0.3, 0.4) is 0 Å². The smallest absolute Gasteiger partial charge is 0.255 e. The number of carbonyl (C=O) groups is 2. The molecule has 1 fully saturated rings. The minimum absolute atomic E-state index is 0.0142. The third kappa shape index (κ3) is 3.59. The molecule has 1 N–H and O–H groups in total. The number of hydrogen-bond acceptors (Lipinski definition) is 4. The lowest BCUT2D eigenvalue weighted by atomic mass is 10.1. The Morgan fingerprint density at radius 2 is 2.17 bits per heavy atom. The molecular formula is C18H20N4O2. The second-order valence-corrected chi connectivity index (χ2v) is 5.86. The monoisotopic (exact) mass is 324 g/mol.